The molecule has 0 amide bonds. The van der Waals surface area contributed by atoms with E-state index < -0.39 is 0 Å². The van der Waals surface area contributed by atoms with Crippen LogP contribution in [0.15, 0.2) is 18.2 Å². The maximum absolute atomic E-state index is 6.14. The molecule has 0 aromatic heterocycles. The summed E-state index contributed by atoms with van der Waals surface area (Å²) in [5.74, 6) is 0.626. The van der Waals surface area contributed by atoms with Gasteiger partial charge in [-0.05, 0) is 42.6 Å². The monoisotopic (exact) mass is 296 g/mol. The van der Waals surface area contributed by atoms with Crippen LogP contribution in [0.4, 0.5) is 5.69 Å². The number of halogens is 1. The first-order chi connectivity index (χ1) is 9.65. The predicted octanol–water partition coefficient (Wildman–Crippen LogP) is 3.31. The van der Waals surface area contributed by atoms with Crippen molar-refractivity contribution in [3.63, 3.8) is 0 Å². The molecule has 4 heteroatoms. The molecule has 0 aliphatic carbocycles. The summed E-state index contributed by atoms with van der Waals surface area (Å²) in [6.07, 6.45) is 1.48. The maximum Gasteiger partial charge on any atom is 0.0772 e. The number of nitrogens with one attached hydrogen (secondary N) is 1. The van der Waals surface area contributed by atoms with Crippen molar-refractivity contribution in [3.8, 4) is 0 Å². The number of rotatable bonds is 5. The number of ether oxygens (including phenoxy) is 1. The molecule has 0 radical (unpaired) electrons. The van der Waals surface area contributed by atoms with Gasteiger partial charge in [0.2, 0.25) is 0 Å². The number of hydrogen-bond acceptors (Lipinski definition) is 3. The Kier molecular flexibility index (Phi) is 5.70. The molecule has 20 heavy (non-hydrogen) atoms. The van der Waals surface area contributed by atoms with Crippen LogP contribution in [0.2, 0.25) is 5.02 Å². The Bertz CT molecular complexity index is 438. The van der Waals surface area contributed by atoms with E-state index in [4.69, 9.17) is 16.3 Å². The fourth-order valence-corrected chi connectivity index (χ4v) is 3.02. The van der Waals surface area contributed by atoms with E-state index in [0.29, 0.717) is 12.0 Å². The van der Waals surface area contributed by atoms with E-state index in [0.717, 1.165) is 31.2 Å². The first kappa shape index (κ1) is 15.6. The summed E-state index contributed by atoms with van der Waals surface area (Å²) in [4.78, 5) is 2.43. The minimum absolute atomic E-state index is 0.311. The summed E-state index contributed by atoms with van der Waals surface area (Å²) in [5.41, 5.74) is 2.55. The molecular formula is C16H25ClN2O. The number of benzene rings is 1. The lowest BCUT2D eigenvalue weighted by molar-refractivity contribution is 0.0498. The molecule has 3 nitrogen and oxygen atoms in total. The summed E-state index contributed by atoms with van der Waals surface area (Å²) in [7, 11) is 1.81. The Morgan fingerprint density at radius 2 is 2.25 bits per heavy atom. The smallest absolute Gasteiger partial charge is 0.0772 e. The minimum atomic E-state index is 0.311. The van der Waals surface area contributed by atoms with Crippen LogP contribution >= 0.6 is 11.6 Å². The highest BCUT2D eigenvalue weighted by atomic mass is 35.5. The van der Waals surface area contributed by atoms with E-state index in [-0.39, 0.29) is 0 Å². The van der Waals surface area contributed by atoms with Gasteiger partial charge in [0.15, 0.2) is 0 Å². The topological polar surface area (TPSA) is 24.5 Å². The van der Waals surface area contributed by atoms with Crippen LogP contribution in [0.3, 0.4) is 0 Å². The maximum atomic E-state index is 6.14. The molecule has 2 atom stereocenters. The van der Waals surface area contributed by atoms with E-state index in [9.17, 15) is 0 Å². The molecule has 0 spiro atoms. The zero-order chi connectivity index (χ0) is 14.5. The van der Waals surface area contributed by atoms with Gasteiger partial charge in [0.05, 0.1) is 6.10 Å². The second kappa shape index (κ2) is 7.30. The van der Waals surface area contributed by atoms with Crippen molar-refractivity contribution in [1.29, 1.82) is 0 Å². The molecule has 1 aromatic rings. The number of hydrogen-bond donors (Lipinski definition) is 1. The van der Waals surface area contributed by atoms with Gasteiger partial charge in [-0.15, -0.1) is 0 Å². The van der Waals surface area contributed by atoms with E-state index in [1.54, 1.807) is 0 Å². The fraction of sp³-hybridized carbons (Fsp3) is 0.625. The Balaban J connectivity index is 2.18. The summed E-state index contributed by atoms with van der Waals surface area (Å²) in [6, 6.07) is 6.18. The van der Waals surface area contributed by atoms with Crippen molar-refractivity contribution in [3.05, 3.63) is 28.8 Å². The summed E-state index contributed by atoms with van der Waals surface area (Å²) in [5, 5.41) is 4.19. The molecule has 1 aromatic carbocycles. The summed E-state index contributed by atoms with van der Waals surface area (Å²) >= 11 is 6.14. The van der Waals surface area contributed by atoms with Crippen molar-refractivity contribution in [2.45, 2.75) is 32.9 Å². The molecule has 1 fully saturated rings. The lowest BCUT2D eigenvalue weighted by atomic mass is 9.95. The highest BCUT2D eigenvalue weighted by Gasteiger charge is 2.27. The highest BCUT2D eigenvalue weighted by Crippen LogP contribution is 2.29. The van der Waals surface area contributed by atoms with Crippen LogP contribution in [0, 0.1) is 5.92 Å². The van der Waals surface area contributed by atoms with Crippen molar-refractivity contribution in [2.75, 3.05) is 31.6 Å². The van der Waals surface area contributed by atoms with Gasteiger partial charge in [-0.3, -0.25) is 0 Å². The van der Waals surface area contributed by atoms with Crippen LogP contribution in [-0.2, 0) is 11.3 Å². The molecule has 1 heterocycles. The van der Waals surface area contributed by atoms with Gasteiger partial charge in [-0.2, -0.15) is 0 Å². The average Bonchev–Trinajstić information content (AvgIpc) is 2.46. The Labute approximate surface area is 127 Å². The minimum Gasteiger partial charge on any atom is -0.379 e. The predicted molar refractivity (Wildman–Crippen MR) is 85.6 cm³/mol. The van der Waals surface area contributed by atoms with Crippen molar-refractivity contribution >= 4 is 17.3 Å². The van der Waals surface area contributed by atoms with Gasteiger partial charge < -0.3 is 15.0 Å². The van der Waals surface area contributed by atoms with Crippen LogP contribution < -0.4 is 10.2 Å². The van der Waals surface area contributed by atoms with Crippen molar-refractivity contribution in [1.82, 2.24) is 5.32 Å². The molecule has 1 N–H and O–H groups in total. The lowest BCUT2D eigenvalue weighted by Gasteiger charge is -2.38. The lowest BCUT2D eigenvalue weighted by Crippen LogP contribution is -2.44. The third kappa shape index (κ3) is 3.66. The van der Waals surface area contributed by atoms with Crippen LogP contribution in [0.5, 0.6) is 0 Å². The number of nitrogens with zero attached hydrogens (tertiary/aromatic N) is 1. The molecular weight excluding hydrogens is 272 g/mol. The molecule has 1 aliphatic rings. The first-order valence-corrected chi connectivity index (χ1v) is 7.80. The van der Waals surface area contributed by atoms with E-state index in [1.165, 1.54) is 17.7 Å². The van der Waals surface area contributed by atoms with Gasteiger partial charge in [-0.25, -0.2) is 0 Å². The molecule has 1 saturated heterocycles. The Hall–Kier alpha value is -0.770. The molecule has 2 unspecified atom stereocenters. The zero-order valence-corrected chi connectivity index (χ0v) is 13.4. The normalized spacial score (nSPS) is 23.1. The van der Waals surface area contributed by atoms with Gasteiger partial charge in [0, 0.05) is 37.5 Å². The van der Waals surface area contributed by atoms with Gasteiger partial charge in [0.1, 0.15) is 0 Å². The van der Waals surface area contributed by atoms with Gasteiger partial charge in [0.25, 0.3) is 0 Å². The van der Waals surface area contributed by atoms with Crippen LogP contribution in [0.25, 0.3) is 0 Å². The SMILES string of the molecule is CCNCc1cc(Cl)ccc1N1CCC(C)C(OC)C1. The molecule has 1 aliphatic heterocycles. The average molecular weight is 297 g/mol. The number of piperidine rings is 1. The second-order valence-electron chi connectivity index (χ2n) is 5.54. The fourth-order valence-electron chi connectivity index (χ4n) is 2.82. The largest absolute Gasteiger partial charge is 0.379 e. The van der Waals surface area contributed by atoms with Gasteiger partial charge >= 0.3 is 0 Å². The standard InChI is InChI=1S/C16H25ClN2O/c1-4-18-10-13-9-14(17)5-6-15(13)19-8-7-12(2)16(11-19)20-3/h5-6,9,12,16,18H,4,7-8,10-11H2,1-3H3. The van der Waals surface area contributed by atoms with E-state index in [2.05, 4.69) is 36.2 Å². The quantitative estimate of drug-likeness (QED) is 0.902. The van der Waals surface area contributed by atoms with Gasteiger partial charge in [-0.1, -0.05) is 25.4 Å². The van der Waals surface area contributed by atoms with Crippen LogP contribution in [-0.4, -0.2) is 32.8 Å². The Morgan fingerprint density at radius 3 is 2.95 bits per heavy atom. The molecule has 2 rings (SSSR count). The number of methoxy groups -OCH3 is 1. The van der Waals surface area contributed by atoms with E-state index in [1.807, 2.05) is 13.2 Å². The van der Waals surface area contributed by atoms with Crippen molar-refractivity contribution in [2.24, 2.45) is 5.92 Å². The third-order valence-corrected chi connectivity index (χ3v) is 4.37. The summed E-state index contributed by atoms with van der Waals surface area (Å²) in [6.45, 7) is 8.25. The molecule has 0 bridgehead atoms. The van der Waals surface area contributed by atoms with E-state index >= 15 is 0 Å². The third-order valence-electron chi connectivity index (χ3n) is 4.14. The second-order valence-corrected chi connectivity index (χ2v) is 5.98. The summed E-state index contributed by atoms with van der Waals surface area (Å²) < 4.78 is 5.62. The zero-order valence-electron chi connectivity index (χ0n) is 12.7. The van der Waals surface area contributed by atoms with Crippen molar-refractivity contribution < 1.29 is 4.74 Å². The highest BCUT2D eigenvalue weighted by molar-refractivity contribution is 6.30. The Morgan fingerprint density at radius 1 is 1.45 bits per heavy atom. The van der Waals surface area contributed by atoms with Crippen LogP contribution in [0.1, 0.15) is 25.8 Å². The first-order valence-electron chi connectivity index (χ1n) is 7.42. The molecule has 0 saturated carbocycles. The molecule has 112 valence electrons. The number of anilines is 1.